The number of nitrogens with zero attached hydrogens (tertiary/aromatic N) is 1. The molecular formula is C12H20N2. The third-order valence-corrected chi connectivity index (χ3v) is 2.43. The van der Waals surface area contributed by atoms with Crippen LogP contribution in [0, 0.1) is 11.8 Å². The van der Waals surface area contributed by atoms with Gasteiger partial charge in [0.1, 0.15) is 0 Å². The molecule has 0 aliphatic rings. The average Bonchev–Trinajstić information content (AvgIpc) is 2.15. The maximum atomic E-state index is 4.09. The van der Waals surface area contributed by atoms with Crippen LogP contribution in [0.2, 0.25) is 0 Å². The molecule has 2 heteroatoms. The number of aromatic nitrogens is 1. The molecule has 0 amide bonds. The molecule has 0 atom stereocenters. The van der Waals surface area contributed by atoms with Crippen LogP contribution in [0.5, 0.6) is 0 Å². The Hall–Kier alpha value is -1.05. The Kier molecular flexibility index (Phi) is 3.93. The maximum Gasteiger partial charge on any atom is 0.0529 e. The van der Waals surface area contributed by atoms with Gasteiger partial charge < -0.3 is 5.32 Å². The highest BCUT2D eigenvalue weighted by Crippen LogP contribution is 2.17. The van der Waals surface area contributed by atoms with E-state index in [9.17, 15) is 0 Å². The second-order valence-corrected chi connectivity index (χ2v) is 4.40. The van der Waals surface area contributed by atoms with E-state index in [1.54, 1.807) is 6.20 Å². The predicted octanol–water partition coefficient (Wildman–Crippen LogP) is 3.17. The molecule has 1 aromatic rings. The maximum absolute atomic E-state index is 4.09. The molecule has 0 aliphatic carbocycles. The van der Waals surface area contributed by atoms with Crippen LogP contribution in [0.1, 0.15) is 27.7 Å². The van der Waals surface area contributed by atoms with Crippen molar-refractivity contribution in [1.29, 1.82) is 0 Å². The quantitative estimate of drug-likeness (QED) is 0.792. The highest BCUT2D eigenvalue weighted by molar-refractivity contribution is 5.40. The smallest absolute Gasteiger partial charge is 0.0529 e. The van der Waals surface area contributed by atoms with Crippen molar-refractivity contribution in [2.24, 2.45) is 11.8 Å². The third kappa shape index (κ3) is 3.02. The molecule has 0 radical (unpaired) electrons. The van der Waals surface area contributed by atoms with Gasteiger partial charge in [-0.2, -0.15) is 0 Å². The van der Waals surface area contributed by atoms with Crippen LogP contribution in [0.25, 0.3) is 0 Å². The molecule has 1 heterocycles. The van der Waals surface area contributed by atoms with E-state index in [-0.39, 0.29) is 0 Å². The average molecular weight is 192 g/mol. The van der Waals surface area contributed by atoms with Gasteiger partial charge in [-0.05, 0) is 24.0 Å². The van der Waals surface area contributed by atoms with Crippen LogP contribution >= 0.6 is 0 Å². The first kappa shape index (κ1) is 11.0. The normalized spacial score (nSPS) is 11.4. The minimum Gasteiger partial charge on any atom is -0.381 e. The summed E-state index contributed by atoms with van der Waals surface area (Å²) in [6.07, 6.45) is 3.67. The molecule has 0 saturated carbocycles. The first-order valence-corrected chi connectivity index (χ1v) is 5.28. The number of hydrogen-bond acceptors (Lipinski definition) is 2. The molecule has 0 aromatic carbocycles. The van der Waals surface area contributed by atoms with Gasteiger partial charge in [-0.15, -0.1) is 0 Å². The summed E-state index contributed by atoms with van der Waals surface area (Å²) in [6, 6.07) is 4.53. The number of pyridine rings is 1. The fraction of sp³-hybridized carbons (Fsp3) is 0.583. The summed E-state index contributed by atoms with van der Waals surface area (Å²) in [5, 5.41) is 3.52. The Morgan fingerprint density at radius 2 is 1.79 bits per heavy atom. The van der Waals surface area contributed by atoms with Gasteiger partial charge in [-0.1, -0.05) is 27.7 Å². The van der Waals surface area contributed by atoms with Crippen molar-refractivity contribution in [1.82, 2.24) is 4.98 Å². The molecule has 78 valence electrons. The van der Waals surface area contributed by atoms with Crippen molar-refractivity contribution in [2.45, 2.75) is 33.7 Å². The number of anilines is 1. The van der Waals surface area contributed by atoms with Gasteiger partial charge in [0, 0.05) is 18.4 Å². The number of rotatable bonds is 4. The second kappa shape index (κ2) is 4.99. The SMILES string of the molecule is CC(C)C(Nc1cccnc1)C(C)C. The lowest BCUT2D eigenvalue weighted by atomic mass is 9.93. The fourth-order valence-corrected chi connectivity index (χ4v) is 1.74. The van der Waals surface area contributed by atoms with E-state index >= 15 is 0 Å². The third-order valence-electron chi connectivity index (χ3n) is 2.43. The Bertz CT molecular complexity index is 246. The highest BCUT2D eigenvalue weighted by atomic mass is 14.9. The predicted molar refractivity (Wildman–Crippen MR) is 61.3 cm³/mol. The summed E-state index contributed by atoms with van der Waals surface area (Å²) in [6.45, 7) is 8.98. The molecule has 0 fully saturated rings. The molecule has 0 bridgehead atoms. The number of hydrogen-bond donors (Lipinski definition) is 1. The summed E-state index contributed by atoms with van der Waals surface area (Å²) < 4.78 is 0. The van der Waals surface area contributed by atoms with Crippen molar-refractivity contribution < 1.29 is 0 Å². The summed E-state index contributed by atoms with van der Waals surface area (Å²) in [5.41, 5.74) is 1.11. The molecule has 1 N–H and O–H groups in total. The lowest BCUT2D eigenvalue weighted by Gasteiger charge is -2.26. The Labute approximate surface area is 86.8 Å². The molecule has 0 aliphatic heterocycles. The Morgan fingerprint density at radius 1 is 1.14 bits per heavy atom. The van der Waals surface area contributed by atoms with Gasteiger partial charge >= 0.3 is 0 Å². The fourth-order valence-electron chi connectivity index (χ4n) is 1.74. The van der Waals surface area contributed by atoms with Gasteiger partial charge in [-0.25, -0.2) is 0 Å². The minimum absolute atomic E-state index is 0.513. The summed E-state index contributed by atoms with van der Waals surface area (Å²) in [5.74, 6) is 1.27. The summed E-state index contributed by atoms with van der Waals surface area (Å²) in [7, 11) is 0. The van der Waals surface area contributed by atoms with E-state index in [0.29, 0.717) is 17.9 Å². The monoisotopic (exact) mass is 192 g/mol. The van der Waals surface area contributed by atoms with Crippen LogP contribution < -0.4 is 5.32 Å². The van der Waals surface area contributed by atoms with Crippen LogP contribution in [0.15, 0.2) is 24.5 Å². The molecule has 1 aromatic heterocycles. The molecule has 1 rings (SSSR count). The van der Waals surface area contributed by atoms with Crippen molar-refractivity contribution in [3.8, 4) is 0 Å². The molecule has 14 heavy (non-hydrogen) atoms. The van der Waals surface area contributed by atoms with Gasteiger partial charge in [-0.3, -0.25) is 4.98 Å². The van der Waals surface area contributed by atoms with E-state index in [4.69, 9.17) is 0 Å². The summed E-state index contributed by atoms with van der Waals surface area (Å²) >= 11 is 0. The standard InChI is InChI=1S/C12H20N2/c1-9(2)12(10(3)4)14-11-6-5-7-13-8-11/h5-10,12,14H,1-4H3. The van der Waals surface area contributed by atoms with Crippen LogP contribution in [0.4, 0.5) is 5.69 Å². The van der Waals surface area contributed by atoms with E-state index in [0.717, 1.165) is 5.69 Å². The van der Waals surface area contributed by atoms with Crippen molar-refractivity contribution >= 4 is 5.69 Å². The summed E-state index contributed by atoms with van der Waals surface area (Å²) in [4.78, 5) is 4.09. The topological polar surface area (TPSA) is 24.9 Å². The zero-order valence-corrected chi connectivity index (χ0v) is 9.49. The zero-order chi connectivity index (χ0) is 10.6. The lowest BCUT2D eigenvalue weighted by molar-refractivity contribution is 0.413. The Morgan fingerprint density at radius 3 is 2.21 bits per heavy atom. The van der Waals surface area contributed by atoms with Crippen molar-refractivity contribution in [3.05, 3.63) is 24.5 Å². The first-order chi connectivity index (χ1) is 6.61. The molecule has 2 nitrogen and oxygen atoms in total. The second-order valence-electron chi connectivity index (χ2n) is 4.40. The van der Waals surface area contributed by atoms with Crippen LogP contribution in [0.3, 0.4) is 0 Å². The van der Waals surface area contributed by atoms with Gasteiger partial charge in [0.2, 0.25) is 0 Å². The minimum atomic E-state index is 0.513. The van der Waals surface area contributed by atoms with E-state index < -0.39 is 0 Å². The molecule has 0 spiro atoms. The first-order valence-electron chi connectivity index (χ1n) is 5.28. The van der Waals surface area contributed by atoms with E-state index in [1.807, 2.05) is 12.3 Å². The number of nitrogens with one attached hydrogen (secondary N) is 1. The van der Waals surface area contributed by atoms with Crippen molar-refractivity contribution in [2.75, 3.05) is 5.32 Å². The van der Waals surface area contributed by atoms with Gasteiger partial charge in [0.25, 0.3) is 0 Å². The Balaban J connectivity index is 2.65. The largest absolute Gasteiger partial charge is 0.381 e. The highest BCUT2D eigenvalue weighted by Gasteiger charge is 2.16. The van der Waals surface area contributed by atoms with E-state index in [2.05, 4.69) is 44.1 Å². The van der Waals surface area contributed by atoms with Crippen LogP contribution in [-0.2, 0) is 0 Å². The van der Waals surface area contributed by atoms with Crippen molar-refractivity contribution in [3.63, 3.8) is 0 Å². The van der Waals surface area contributed by atoms with Gasteiger partial charge in [0.15, 0.2) is 0 Å². The van der Waals surface area contributed by atoms with Gasteiger partial charge in [0.05, 0.1) is 5.69 Å². The van der Waals surface area contributed by atoms with E-state index in [1.165, 1.54) is 0 Å². The van der Waals surface area contributed by atoms with Crippen LogP contribution in [-0.4, -0.2) is 11.0 Å². The molecule has 0 unspecified atom stereocenters. The zero-order valence-electron chi connectivity index (χ0n) is 9.49. The molecular weight excluding hydrogens is 172 g/mol. The molecule has 0 saturated heterocycles. The lowest BCUT2D eigenvalue weighted by Crippen LogP contribution is -2.31.